The molecule has 0 bridgehead atoms. The molecular weight excluding hydrogens is 825 g/mol. The van der Waals surface area contributed by atoms with Gasteiger partial charge in [0.15, 0.2) is 0 Å². The standard InChI is InChI=1S/C14H32N2O3.C11H26N2O3.C11H26N2O2.C10H24N2O2/c1-12(17)9-16(8-6-7-15(4)5)10-14(3)19-11-13(2)18;1-12(2)4-3-5-13(6-8-14)7-10-16-11-9-15;1-10(14)8-13(9-11(2)15)7-5-6-12(3)4;1-10(14)9-12(7-8-13)6-4-5-11(2)3/h12-14,17-18H,6-11H2,1-5H3;14-15H,3-11H2,1-2H3;10-11,14-15H,5-9H2,1-4H3;10,13-14H,4-9H2,1-3H3. The molecule has 0 rings (SSSR count). The Labute approximate surface area is 393 Å². The summed E-state index contributed by atoms with van der Waals surface area (Å²) < 4.78 is 10.8. The number of hydrogen-bond acceptors (Lipinski definition) is 18. The van der Waals surface area contributed by atoms with Crippen LogP contribution in [0.2, 0.25) is 0 Å². The van der Waals surface area contributed by atoms with Crippen LogP contribution in [0.5, 0.6) is 0 Å². The molecule has 0 aromatic rings. The smallest absolute Gasteiger partial charge is 0.0745 e. The van der Waals surface area contributed by atoms with Gasteiger partial charge in [0.2, 0.25) is 0 Å². The molecule has 0 aromatic heterocycles. The van der Waals surface area contributed by atoms with Crippen molar-refractivity contribution < 1.29 is 50.3 Å². The van der Waals surface area contributed by atoms with E-state index in [1.54, 1.807) is 34.6 Å². The van der Waals surface area contributed by atoms with Crippen LogP contribution in [0, 0.1) is 0 Å². The molecule has 0 amide bonds. The zero-order chi connectivity index (χ0) is 49.9. The monoisotopic (exact) mass is 933 g/mol. The molecule has 0 saturated heterocycles. The van der Waals surface area contributed by atoms with Gasteiger partial charge >= 0.3 is 0 Å². The molecule has 64 heavy (non-hydrogen) atoms. The number of nitrogens with zero attached hydrogens (tertiary/aromatic N) is 8. The Morgan fingerprint density at radius 1 is 0.344 bits per heavy atom. The van der Waals surface area contributed by atoms with Gasteiger partial charge in [0.1, 0.15) is 0 Å². The maximum absolute atomic E-state index is 9.53. The third-order valence-electron chi connectivity index (χ3n) is 9.17. The van der Waals surface area contributed by atoms with Crippen LogP contribution in [-0.2, 0) is 9.47 Å². The molecule has 0 heterocycles. The van der Waals surface area contributed by atoms with E-state index in [9.17, 15) is 25.5 Å². The minimum atomic E-state index is -0.429. The fraction of sp³-hybridized carbons (Fsp3) is 1.00. The summed E-state index contributed by atoms with van der Waals surface area (Å²) >= 11 is 0. The zero-order valence-electron chi connectivity index (χ0n) is 43.8. The quantitative estimate of drug-likeness (QED) is 0.0360. The van der Waals surface area contributed by atoms with E-state index in [1.165, 1.54) is 0 Å². The Hall–Kier alpha value is -0.720. The first-order valence-electron chi connectivity index (χ1n) is 23.9. The van der Waals surface area contributed by atoms with Crippen molar-refractivity contribution >= 4 is 0 Å². The molecule has 18 heteroatoms. The lowest BCUT2D eigenvalue weighted by atomic mass is 10.2. The van der Waals surface area contributed by atoms with E-state index in [0.717, 1.165) is 91.1 Å². The van der Waals surface area contributed by atoms with Gasteiger partial charge in [-0.3, -0.25) is 19.6 Å². The molecule has 0 spiro atoms. The minimum Gasteiger partial charge on any atom is -0.395 e. The van der Waals surface area contributed by atoms with E-state index in [4.69, 9.17) is 24.8 Å². The number of aliphatic hydroxyl groups excluding tert-OH is 8. The normalized spacial score (nSPS) is 14.7. The van der Waals surface area contributed by atoms with Crippen molar-refractivity contribution in [2.24, 2.45) is 0 Å². The van der Waals surface area contributed by atoms with Crippen molar-refractivity contribution in [2.75, 3.05) is 201 Å². The van der Waals surface area contributed by atoms with Gasteiger partial charge in [-0.1, -0.05) is 0 Å². The summed E-state index contributed by atoms with van der Waals surface area (Å²) in [6, 6.07) is 0. The molecule has 6 unspecified atom stereocenters. The van der Waals surface area contributed by atoms with Crippen molar-refractivity contribution in [1.29, 1.82) is 0 Å². The first kappa shape index (κ1) is 69.8. The maximum atomic E-state index is 9.53. The summed E-state index contributed by atoms with van der Waals surface area (Å²) in [4.78, 5) is 17.2. The summed E-state index contributed by atoms with van der Waals surface area (Å²) in [6.45, 7) is 26.1. The summed E-state index contributed by atoms with van der Waals surface area (Å²) in [5.41, 5.74) is 0. The van der Waals surface area contributed by atoms with Crippen LogP contribution in [0.4, 0.5) is 0 Å². The van der Waals surface area contributed by atoms with E-state index < -0.39 is 6.10 Å². The van der Waals surface area contributed by atoms with E-state index in [0.29, 0.717) is 59.1 Å². The molecule has 0 radical (unpaired) electrons. The molecule has 0 saturated carbocycles. The summed E-state index contributed by atoms with van der Waals surface area (Å²) in [6.07, 6.45) is 2.62. The first-order valence-corrected chi connectivity index (χ1v) is 23.9. The molecule has 0 aromatic carbocycles. The predicted octanol–water partition coefficient (Wildman–Crippen LogP) is -0.737. The van der Waals surface area contributed by atoms with Crippen molar-refractivity contribution in [3.05, 3.63) is 0 Å². The molecule has 0 aliphatic carbocycles. The van der Waals surface area contributed by atoms with Crippen LogP contribution >= 0.6 is 0 Å². The number of hydrogen-bond donors (Lipinski definition) is 8. The predicted molar refractivity (Wildman–Crippen MR) is 264 cm³/mol. The second-order valence-electron chi connectivity index (χ2n) is 18.5. The Bertz CT molecular complexity index is 903. The van der Waals surface area contributed by atoms with Crippen molar-refractivity contribution in [3.63, 3.8) is 0 Å². The van der Waals surface area contributed by atoms with Gasteiger partial charge in [-0.15, -0.1) is 0 Å². The van der Waals surface area contributed by atoms with Crippen LogP contribution in [0.15, 0.2) is 0 Å². The first-order chi connectivity index (χ1) is 30.0. The maximum Gasteiger partial charge on any atom is 0.0745 e. The van der Waals surface area contributed by atoms with Gasteiger partial charge in [0.25, 0.3) is 0 Å². The Balaban J connectivity index is -0.000000377. The third kappa shape index (κ3) is 61.3. The zero-order valence-corrected chi connectivity index (χ0v) is 43.8. The average Bonchev–Trinajstić information content (AvgIpc) is 3.15. The Kier molecular flexibility index (Phi) is 53.2. The van der Waals surface area contributed by atoms with E-state index >= 15 is 0 Å². The molecule has 8 N–H and O–H groups in total. The fourth-order valence-corrected chi connectivity index (χ4v) is 6.44. The lowest BCUT2D eigenvalue weighted by Crippen LogP contribution is -2.39. The van der Waals surface area contributed by atoms with Crippen LogP contribution in [0.25, 0.3) is 0 Å². The molecule has 6 atom stereocenters. The van der Waals surface area contributed by atoms with Crippen LogP contribution in [0.3, 0.4) is 0 Å². The SMILES string of the molecule is CC(O)CN(CCCN(C)C)CC(C)O.CC(O)CN(CCO)CCCN(C)C.CC(O)COC(C)CN(CCCN(C)C)CC(C)O.CN(C)CCCN(CCO)CCOCCO. The molecule has 0 aliphatic heterocycles. The van der Waals surface area contributed by atoms with Gasteiger partial charge in [0, 0.05) is 52.4 Å². The lowest BCUT2D eigenvalue weighted by molar-refractivity contribution is -0.0143. The van der Waals surface area contributed by atoms with Crippen LogP contribution in [-0.4, -0.2) is 317 Å². The number of aliphatic hydroxyl groups is 8. The Morgan fingerprint density at radius 2 is 0.672 bits per heavy atom. The molecule has 18 nitrogen and oxygen atoms in total. The van der Waals surface area contributed by atoms with E-state index in [-0.39, 0.29) is 50.3 Å². The topological polar surface area (TPSA) is 206 Å². The highest BCUT2D eigenvalue weighted by Gasteiger charge is 2.14. The summed E-state index contributed by atoms with van der Waals surface area (Å²) in [7, 11) is 16.4. The van der Waals surface area contributed by atoms with Crippen molar-refractivity contribution in [2.45, 2.75) is 104 Å². The number of rotatable bonds is 38. The number of ether oxygens (including phenoxy) is 2. The molecule has 392 valence electrons. The van der Waals surface area contributed by atoms with Crippen LogP contribution < -0.4 is 0 Å². The molecule has 0 fully saturated rings. The summed E-state index contributed by atoms with van der Waals surface area (Å²) in [5.74, 6) is 0. The van der Waals surface area contributed by atoms with E-state index in [2.05, 4.69) is 67.4 Å². The summed E-state index contributed by atoms with van der Waals surface area (Å²) in [5, 5.41) is 72.9. The van der Waals surface area contributed by atoms with Gasteiger partial charge in [-0.05, 0) is 176 Å². The van der Waals surface area contributed by atoms with Crippen LogP contribution in [0.1, 0.15) is 67.2 Å². The van der Waals surface area contributed by atoms with Crippen molar-refractivity contribution in [1.82, 2.24) is 39.2 Å². The van der Waals surface area contributed by atoms with Gasteiger partial charge in [0.05, 0.1) is 76.3 Å². The highest BCUT2D eigenvalue weighted by Crippen LogP contribution is 2.03. The average molecular weight is 933 g/mol. The van der Waals surface area contributed by atoms with Gasteiger partial charge < -0.3 is 69.9 Å². The van der Waals surface area contributed by atoms with Gasteiger partial charge in [-0.2, -0.15) is 0 Å². The fourth-order valence-electron chi connectivity index (χ4n) is 6.44. The van der Waals surface area contributed by atoms with Gasteiger partial charge in [-0.25, -0.2) is 0 Å². The molecule has 0 aliphatic rings. The van der Waals surface area contributed by atoms with Crippen molar-refractivity contribution in [3.8, 4) is 0 Å². The highest BCUT2D eigenvalue weighted by atomic mass is 16.5. The highest BCUT2D eigenvalue weighted by molar-refractivity contribution is 4.68. The van der Waals surface area contributed by atoms with E-state index in [1.807, 2.05) is 35.1 Å². The second kappa shape index (κ2) is 48.7. The third-order valence-corrected chi connectivity index (χ3v) is 9.17. The minimum absolute atomic E-state index is 0.0627. The largest absolute Gasteiger partial charge is 0.395 e. The molecular formula is C46H108N8O10. The Morgan fingerprint density at radius 3 is 1.00 bits per heavy atom. The second-order valence-corrected chi connectivity index (χ2v) is 18.5. The lowest BCUT2D eigenvalue weighted by Gasteiger charge is -2.27.